The van der Waals surface area contributed by atoms with Gasteiger partial charge in [0.15, 0.2) is 0 Å². The monoisotopic (exact) mass is 219 g/mol. The highest BCUT2D eigenvalue weighted by Gasteiger charge is 2.47. The van der Waals surface area contributed by atoms with Crippen molar-refractivity contribution in [1.82, 2.24) is 4.90 Å². The number of halogens is 2. The molecule has 0 spiro atoms. The van der Waals surface area contributed by atoms with Gasteiger partial charge in [0, 0.05) is 13.0 Å². The SMILES string of the molecule is CC(=O)C1CC(F)(F)CN1CC(C)(C)C. The molecular formula is C11H19F2NO. The van der Waals surface area contributed by atoms with Crippen LogP contribution in [0.3, 0.4) is 0 Å². The summed E-state index contributed by atoms with van der Waals surface area (Å²) in [4.78, 5) is 12.9. The van der Waals surface area contributed by atoms with Crippen molar-refractivity contribution in [3.8, 4) is 0 Å². The molecule has 0 N–H and O–H groups in total. The van der Waals surface area contributed by atoms with E-state index < -0.39 is 12.0 Å². The zero-order valence-electron chi connectivity index (χ0n) is 9.81. The van der Waals surface area contributed by atoms with E-state index in [0.717, 1.165) is 0 Å². The third kappa shape index (κ3) is 3.52. The van der Waals surface area contributed by atoms with E-state index in [4.69, 9.17) is 0 Å². The van der Waals surface area contributed by atoms with Gasteiger partial charge in [0.25, 0.3) is 5.92 Å². The van der Waals surface area contributed by atoms with Crippen LogP contribution in [0.25, 0.3) is 0 Å². The van der Waals surface area contributed by atoms with Gasteiger partial charge >= 0.3 is 0 Å². The summed E-state index contributed by atoms with van der Waals surface area (Å²) in [7, 11) is 0. The first-order valence-electron chi connectivity index (χ1n) is 5.23. The second-order valence-electron chi connectivity index (χ2n) is 5.65. The molecule has 0 saturated carbocycles. The van der Waals surface area contributed by atoms with Crippen molar-refractivity contribution >= 4 is 5.78 Å². The van der Waals surface area contributed by atoms with Crippen LogP contribution in [0.2, 0.25) is 0 Å². The fourth-order valence-corrected chi connectivity index (χ4v) is 2.06. The quantitative estimate of drug-likeness (QED) is 0.710. The normalized spacial score (nSPS) is 26.9. The summed E-state index contributed by atoms with van der Waals surface area (Å²) >= 11 is 0. The fourth-order valence-electron chi connectivity index (χ4n) is 2.06. The molecule has 0 amide bonds. The van der Waals surface area contributed by atoms with Gasteiger partial charge in [-0.05, 0) is 12.3 Å². The molecule has 0 aromatic carbocycles. The van der Waals surface area contributed by atoms with E-state index in [1.54, 1.807) is 4.90 Å². The number of hydrogen-bond donors (Lipinski definition) is 0. The number of hydrogen-bond acceptors (Lipinski definition) is 2. The molecular weight excluding hydrogens is 200 g/mol. The van der Waals surface area contributed by atoms with Crippen LogP contribution in [0.1, 0.15) is 34.1 Å². The van der Waals surface area contributed by atoms with Crippen LogP contribution >= 0.6 is 0 Å². The van der Waals surface area contributed by atoms with E-state index in [1.165, 1.54) is 6.92 Å². The van der Waals surface area contributed by atoms with E-state index in [-0.39, 0.29) is 24.2 Å². The Morgan fingerprint density at radius 1 is 1.47 bits per heavy atom. The molecule has 88 valence electrons. The van der Waals surface area contributed by atoms with Crippen LogP contribution in [0.4, 0.5) is 8.78 Å². The Balaban J connectivity index is 2.74. The van der Waals surface area contributed by atoms with E-state index in [0.29, 0.717) is 6.54 Å². The van der Waals surface area contributed by atoms with Gasteiger partial charge in [0.1, 0.15) is 5.78 Å². The second-order valence-corrected chi connectivity index (χ2v) is 5.65. The van der Waals surface area contributed by atoms with Crippen molar-refractivity contribution < 1.29 is 13.6 Å². The van der Waals surface area contributed by atoms with Gasteiger partial charge in [0.05, 0.1) is 12.6 Å². The van der Waals surface area contributed by atoms with Gasteiger partial charge < -0.3 is 0 Å². The smallest absolute Gasteiger partial charge is 0.262 e. The van der Waals surface area contributed by atoms with Crippen molar-refractivity contribution in [2.45, 2.75) is 46.1 Å². The van der Waals surface area contributed by atoms with Gasteiger partial charge in [-0.2, -0.15) is 0 Å². The first kappa shape index (κ1) is 12.6. The standard InChI is InChI=1S/C11H19F2NO/c1-8(15)9-5-11(12,13)7-14(9)6-10(2,3)4/h9H,5-7H2,1-4H3. The van der Waals surface area contributed by atoms with Crippen molar-refractivity contribution in [3.63, 3.8) is 0 Å². The maximum atomic E-state index is 13.2. The molecule has 0 aromatic rings. The van der Waals surface area contributed by atoms with Crippen LogP contribution < -0.4 is 0 Å². The first-order valence-corrected chi connectivity index (χ1v) is 5.23. The average molecular weight is 219 g/mol. The minimum absolute atomic E-state index is 0.0614. The Morgan fingerprint density at radius 3 is 2.40 bits per heavy atom. The number of likely N-dealkylation sites (tertiary alicyclic amines) is 1. The Bertz CT molecular complexity index is 258. The first-order chi connectivity index (χ1) is 6.61. The van der Waals surface area contributed by atoms with Gasteiger partial charge in [-0.1, -0.05) is 20.8 Å². The summed E-state index contributed by atoms with van der Waals surface area (Å²) < 4.78 is 26.4. The van der Waals surface area contributed by atoms with Crippen LogP contribution in [-0.4, -0.2) is 35.7 Å². The Labute approximate surface area is 89.6 Å². The van der Waals surface area contributed by atoms with Gasteiger partial charge in [-0.3, -0.25) is 9.69 Å². The molecule has 1 atom stereocenters. The van der Waals surface area contributed by atoms with E-state index in [1.807, 2.05) is 20.8 Å². The van der Waals surface area contributed by atoms with Gasteiger partial charge in [0.2, 0.25) is 0 Å². The highest BCUT2D eigenvalue weighted by atomic mass is 19.3. The van der Waals surface area contributed by atoms with Crippen LogP contribution in [0, 0.1) is 5.41 Å². The lowest BCUT2D eigenvalue weighted by Crippen LogP contribution is -2.40. The fraction of sp³-hybridized carbons (Fsp3) is 0.909. The lowest BCUT2D eigenvalue weighted by molar-refractivity contribution is -0.121. The zero-order chi connectivity index (χ0) is 11.9. The summed E-state index contributed by atoms with van der Waals surface area (Å²) in [6.45, 7) is 7.60. The number of Topliss-reactive ketones (excluding diaryl/α,β-unsaturated/α-hetero) is 1. The molecule has 1 fully saturated rings. The molecule has 2 nitrogen and oxygen atoms in total. The highest BCUT2D eigenvalue weighted by Crippen LogP contribution is 2.34. The predicted molar refractivity (Wildman–Crippen MR) is 55.1 cm³/mol. The van der Waals surface area contributed by atoms with E-state index in [2.05, 4.69) is 0 Å². The molecule has 15 heavy (non-hydrogen) atoms. The third-order valence-corrected chi connectivity index (χ3v) is 2.51. The average Bonchev–Trinajstić information content (AvgIpc) is 2.21. The van der Waals surface area contributed by atoms with Crippen LogP contribution in [0.15, 0.2) is 0 Å². The molecule has 0 bridgehead atoms. The molecule has 1 aliphatic rings. The van der Waals surface area contributed by atoms with E-state index >= 15 is 0 Å². The second kappa shape index (κ2) is 3.81. The molecule has 0 radical (unpaired) electrons. The maximum Gasteiger partial charge on any atom is 0.262 e. The number of carbonyl (C=O) groups is 1. The Morgan fingerprint density at radius 2 is 2.00 bits per heavy atom. The molecule has 1 unspecified atom stereocenters. The van der Waals surface area contributed by atoms with Crippen LogP contribution in [0.5, 0.6) is 0 Å². The van der Waals surface area contributed by atoms with Crippen molar-refractivity contribution in [2.24, 2.45) is 5.41 Å². The maximum absolute atomic E-state index is 13.2. The molecule has 4 heteroatoms. The molecule has 1 aliphatic heterocycles. The van der Waals surface area contributed by atoms with Crippen molar-refractivity contribution in [1.29, 1.82) is 0 Å². The molecule has 1 rings (SSSR count). The third-order valence-electron chi connectivity index (χ3n) is 2.51. The minimum Gasteiger partial charge on any atom is -0.298 e. The number of ketones is 1. The van der Waals surface area contributed by atoms with Gasteiger partial charge in [-0.15, -0.1) is 0 Å². The number of rotatable bonds is 2. The van der Waals surface area contributed by atoms with Crippen molar-refractivity contribution in [3.05, 3.63) is 0 Å². The van der Waals surface area contributed by atoms with Crippen molar-refractivity contribution in [2.75, 3.05) is 13.1 Å². The Hall–Kier alpha value is -0.510. The Kier molecular flexibility index (Phi) is 3.19. The summed E-state index contributed by atoms with van der Waals surface area (Å²) in [5.74, 6) is -2.86. The minimum atomic E-state index is -2.71. The van der Waals surface area contributed by atoms with Crippen LogP contribution in [-0.2, 0) is 4.79 Å². The van der Waals surface area contributed by atoms with E-state index in [9.17, 15) is 13.6 Å². The largest absolute Gasteiger partial charge is 0.298 e. The topological polar surface area (TPSA) is 20.3 Å². The summed E-state index contributed by atoms with van der Waals surface area (Å²) in [5.41, 5.74) is -0.0614. The summed E-state index contributed by atoms with van der Waals surface area (Å²) in [6, 6.07) is -0.598. The molecule has 0 aromatic heterocycles. The zero-order valence-corrected chi connectivity index (χ0v) is 9.81. The number of nitrogens with zero attached hydrogens (tertiary/aromatic N) is 1. The number of alkyl halides is 2. The molecule has 1 heterocycles. The molecule has 0 aliphatic carbocycles. The number of carbonyl (C=O) groups excluding carboxylic acids is 1. The summed E-state index contributed by atoms with van der Waals surface area (Å²) in [5, 5.41) is 0. The predicted octanol–water partition coefficient (Wildman–Crippen LogP) is 2.33. The summed E-state index contributed by atoms with van der Waals surface area (Å²) in [6.07, 6.45) is -0.321. The lowest BCUT2D eigenvalue weighted by atomic mass is 9.95. The highest BCUT2D eigenvalue weighted by molar-refractivity contribution is 5.81. The molecule has 1 saturated heterocycles. The van der Waals surface area contributed by atoms with Gasteiger partial charge in [-0.25, -0.2) is 8.78 Å². The lowest BCUT2D eigenvalue weighted by Gasteiger charge is -2.29.